The number of rotatable bonds is 4. The van der Waals surface area contributed by atoms with Crippen molar-refractivity contribution in [2.75, 3.05) is 13.7 Å². The molecule has 3 unspecified atom stereocenters. The van der Waals surface area contributed by atoms with Gasteiger partial charge in [0.2, 0.25) is 0 Å². The highest BCUT2D eigenvalue weighted by atomic mass is 16.6. The predicted octanol–water partition coefficient (Wildman–Crippen LogP) is 2.07. The normalized spacial score (nSPS) is 28.0. The van der Waals surface area contributed by atoms with Crippen molar-refractivity contribution >= 4 is 11.6 Å². The average Bonchev–Trinajstić information content (AvgIpc) is 3.02. The van der Waals surface area contributed by atoms with E-state index in [9.17, 15) is 10.1 Å². The summed E-state index contributed by atoms with van der Waals surface area (Å²) in [5.74, 6) is 1.24. The number of nitrogens with zero attached hydrogens (tertiary/aromatic N) is 2. The molecule has 7 heteroatoms. The van der Waals surface area contributed by atoms with Crippen molar-refractivity contribution in [3.05, 3.63) is 39.9 Å². The summed E-state index contributed by atoms with van der Waals surface area (Å²) < 4.78 is 5.81. The van der Waals surface area contributed by atoms with E-state index in [2.05, 4.69) is 29.5 Å². The lowest BCUT2D eigenvalue weighted by Crippen LogP contribution is -2.67. The number of non-ortho nitro benzene ring substituents is 1. The minimum absolute atomic E-state index is 0.0737. The molecule has 3 rings (SSSR count). The first-order chi connectivity index (χ1) is 11.4. The van der Waals surface area contributed by atoms with E-state index < -0.39 is 0 Å². The number of ether oxygens (including phenoxy) is 1. The number of nitro groups is 1. The smallest absolute Gasteiger partial charge is 0.269 e. The van der Waals surface area contributed by atoms with Crippen LogP contribution < -0.4 is 10.6 Å². The van der Waals surface area contributed by atoms with Gasteiger partial charge < -0.3 is 15.4 Å². The molecular formula is C17H24N4O3. The number of fused-ring (bicyclic) bond motifs is 1. The summed E-state index contributed by atoms with van der Waals surface area (Å²) in [6, 6.07) is 6.95. The fourth-order valence-corrected chi connectivity index (χ4v) is 3.92. The zero-order chi connectivity index (χ0) is 17.3. The van der Waals surface area contributed by atoms with Gasteiger partial charge in [-0.15, -0.1) is 0 Å². The molecule has 0 aromatic heterocycles. The Bertz CT molecular complexity index is 659. The van der Waals surface area contributed by atoms with Crippen molar-refractivity contribution in [1.82, 2.24) is 10.6 Å². The standard InChI is InChI=1S/C17H24N4O3/c1-17(2)14(13-7-8-24-15(13)17)20-16(18-3)19-10-11-5-4-6-12(9-11)21(22)23/h4-6,9,13-15H,7-8,10H2,1-3H3,(H2,18,19,20). The monoisotopic (exact) mass is 332 g/mol. The zero-order valence-corrected chi connectivity index (χ0v) is 14.3. The van der Waals surface area contributed by atoms with Gasteiger partial charge in [-0.25, -0.2) is 0 Å². The van der Waals surface area contributed by atoms with Gasteiger partial charge in [-0.3, -0.25) is 15.1 Å². The quantitative estimate of drug-likeness (QED) is 0.381. The number of benzene rings is 1. The van der Waals surface area contributed by atoms with Crippen LogP contribution in [0.4, 0.5) is 5.69 Å². The summed E-state index contributed by atoms with van der Waals surface area (Å²) in [6.07, 6.45) is 1.40. The molecular weight excluding hydrogens is 308 g/mol. The molecule has 1 aliphatic heterocycles. The largest absolute Gasteiger partial charge is 0.377 e. The summed E-state index contributed by atoms with van der Waals surface area (Å²) in [5.41, 5.74) is 1.02. The molecule has 0 amide bonds. The minimum atomic E-state index is -0.381. The summed E-state index contributed by atoms with van der Waals surface area (Å²) in [7, 11) is 1.73. The fourth-order valence-electron chi connectivity index (χ4n) is 3.92. The Kier molecular flexibility index (Phi) is 4.45. The van der Waals surface area contributed by atoms with Crippen molar-refractivity contribution in [2.45, 2.75) is 39.0 Å². The van der Waals surface area contributed by atoms with Gasteiger partial charge in [0.05, 0.1) is 11.0 Å². The van der Waals surface area contributed by atoms with Gasteiger partial charge in [0, 0.05) is 49.7 Å². The number of guanidine groups is 1. The second-order valence-corrected chi connectivity index (χ2v) is 7.04. The molecule has 7 nitrogen and oxygen atoms in total. The maximum Gasteiger partial charge on any atom is 0.269 e. The molecule has 1 aromatic carbocycles. The first kappa shape index (κ1) is 16.7. The summed E-state index contributed by atoms with van der Waals surface area (Å²) >= 11 is 0. The van der Waals surface area contributed by atoms with E-state index in [1.807, 2.05) is 6.07 Å². The molecule has 0 spiro atoms. The first-order valence-corrected chi connectivity index (χ1v) is 8.25. The van der Waals surface area contributed by atoms with Crippen LogP contribution in [0.1, 0.15) is 25.8 Å². The molecule has 2 aliphatic rings. The molecule has 24 heavy (non-hydrogen) atoms. The van der Waals surface area contributed by atoms with Crippen molar-refractivity contribution in [1.29, 1.82) is 0 Å². The second-order valence-electron chi connectivity index (χ2n) is 7.04. The molecule has 0 bridgehead atoms. The van der Waals surface area contributed by atoms with Crippen molar-refractivity contribution in [3.63, 3.8) is 0 Å². The highest BCUT2D eigenvalue weighted by Crippen LogP contribution is 2.52. The summed E-state index contributed by atoms with van der Waals surface area (Å²) in [6.45, 7) is 5.74. The third-order valence-corrected chi connectivity index (χ3v) is 5.20. The van der Waals surface area contributed by atoms with Crippen molar-refractivity contribution < 1.29 is 9.66 Å². The topological polar surface area (TPSA) is 88.8 Å². The lowest BCUT2D eigenvalue weighted by molar-refractivity contribution is -0.384. The number of aliphatic imine (C=N–C) groups is 1. The fraction of sp³-hybridized carbons (Fsp3) is 0.588. The molecule has 2 fully saturated rings. The van der Waals surface area contributed by atoms with Gasteiger partial charge in [-0.05, 0) is 12.0 Å². The number of hydrogen-bond donors (Lipinski definition) is 2. The van der Waals surface area contributed by atoms with E-state index in [-0.39, 0.29) is 16.0 Å². The lowest BCUT2D eigenvalue weighted by Gasteiger charge is -2.54. The first-order valence-electron chi connectivity index (χ1n) is 8.25. The van der Waals surface area contributed by atoms with Gasteiger partial charge >= 0.3 is 0 Å². The van der Waals surface area contributed by atoms with Crippen molar-refractivity contribution in [2.24, 2.45) is 16.3 Å². The lowest BCUT2D eigenvalue weighted by atomic mass is 9.57. The zero-order valence-electron chi connectivity index (χ0n) is 14.3. The number of nitro benzene ring substituents is 1. The van der Waals surface area contributed by atoms with Crippen LogP contribution in [-0.4, -0.2) is 36.7 Å². The van der Waals surface area contributed by atoms with Gasteiger partial charge in [0.25, 0.3) is 5.69 Å². The summed E-state index contributed by atoms with van der Waals surface area (Å²) in [4.78, 5) is 14.8. The SMILES string of the molecule is CN=C(NCc1cccc([N+](=O)[O-])c1)NC1C2CCOC2C1(C)C. The van der Waals surface area contributed by atoms with Crippen LogP contribution in [0, 0.1) is 21.4 Å². The van der Waals surface area contributed by atoms with Crippen LogP contribution in [0.2, 0.25) is 0 Å². The average molecular weight is 332 g/mol. The minimum Gasteiger partial charge on any atom is -0.377 e. The maximum atomic E-state index is 10.9. The van der Waals surface area contributed by atoms with E-state index in [4.69, 9.17) is 4.74 Å². The summed E-state index contributed by atoms with van der Waals surface area (Å²) in [5, 5.41) is 17.6. The molecule has 0 radical (unpaired) electrons. The maximum absolute atomic E-state index is 10.9. The Morgan fingerprint density at radius 3 is 3.00 bits per heavy atom. The highest BCUT2D eigenvalue weighted by Gasteiger charge is 2.59. The third kappa shape index (κ3) is 2.96. The molecule has 1 heterocycles. The molecule has 3 atom stereocenters. The van der Waals surface area contributed by atoms with E-state index in [1.54, 1.807) is 19.2 Å². The van der Waals surface area contributed by atoms with Gasteiger partial charge in [-0.2, -0.15) is 0 Å². The Labute approximate surface area is 141 Å². The predicted molar refractivity (Wildman–Crippen MR) is 91.8 cm³/mol. The van der Waals surface area contributed by atoms with Crippen LogP contribution in [0.15, 0.2) is 29.3 Å². The van der Waals surface area contributed by atoms with Crippen LogP contribution >= 0.6 is 0 Å². The molecule has 2 N–H and O–H groups in total. The van der Waals surface area contributed by atoms with Crippen LogP contribution in [0.5, 0.6) is 0 Å². The van der Waals surface area contributed by atoms with Crippen molar-refractivity contribution in [3.8, 4) is 0 Å². The Morgan fingerprint density at radius 1 is 1.50 bits per heavy atom. The van der Waals surface area contributed by atoms with Crippen LogP contribution in [0.25, 0.3) is 0 Å². The molecule has 1 aromatic rings. The Morgan fingerprint density at radius 2 is 2.29 bits per heavy atom. The number of hydrogen-bond acceptors (Lipinski definition) is 4. The van der Waals surface area contributed by atoms with E-state index >= 15 is 0 Å². The van der Waals surface area contributed by atoms with E-state index in [0.717, 1.165) is 18.6 Å². The van der Waals surface area contributed by atoms with Crippen LogP contribution in [-0.2, 0) is 11.3 Å². The highest BCUT2D eigenvalue weighted by molar-refractivity contribution is 5.80. The van der Waals surface area contributed by atoms with Gasteiger partial charge in [0.15, 0.2) is 5.96 Å². The van der Waals surface area contributed by atoms with E-state index in [1.165, 1.54) is 6.07 Å². The van der Waals surface area contributed by atoms with Gasteiger partial charge in [0.1, 0.15) is 0 Å². The number of nitrogens with one attached hydrogen (secondary N) is 2. The molecule has 1 aliphatic carbocycles. The van der Waals surface area contributed by atoms with E-state index in [0.29, 0.717) is 30.6 Å². The Balaban J connectivity index is 1.60. The molecule has 1 saturated carbocycles. The second kappa shape index (κ2) is 6.39. The molecule has 130 valence electrons. The third-order valence-electron chi connectivity index (χ3n) is 5.20. The van der Waals surface area contributed by atoms with Gasteiger partial charge in [-0.1, -0.05) is 26.0 Å². The Hall–Kier alpha value is -2.15. The van der Waals surface area contributed by atoms with Crippen LogP contribution in [0.3, 0.4) is 0 Å². The molecule has 1 saturated heterocycles.